The molecule has 23 heavy (non-hydrogen) atoms. The molecule has 0 unspecified atom stereocenters. The van der Waals surface area contributed by atoms with Crippen molar-refractivity contribution in [3.63, 3.8) is 0 Å². The highest BCUT2D eigenvalue weighted by molar-refractivity contribution is 9.11. The molecule has 0 aliphatic rings. The van der Waals surface area contributed by atoms with E-state index in [0.29, 0.717) is 16.5 Å². The number of hydrogen-bond donors (Lipinski definition) is 2. The molecule has 3 rings (SSSR count). The van der Waals surface area contributed by atoms with Crippen LogP contribution in [0.5, 0.6) is 5.88 Å². The number of hydrogen-bond acceptors (Lipinski definition) is 3. The highest BCUT2D eigenvalue weighted by Gasteiger charge is 2.14. The Hall–Kier alpha value is -1.51. The summed E-state index contributed by atoms with van der Waals surface area (Å²) in [6.45, 7) is 0. The van der Waals surface area contributed by atoms with E-state index >= 15 is 0 Å². The Kier molecular flexibility index (Phi) is 4.65. The van der Waals surface area contributed by atoms with Crippen LogP contribution in [0.1, 0.15) is 10.4 Å². The Morgan fingerprint density at radius 1 is 1.04 bits per heavy atom. The first-order chi connectivity index (χ1) is 11.0. The topological polar surface area (TPSA) is 77.8 Å². The number of nitrogens with zero attached hydrogens (tertiary/aromatic N) is 2. The van der Waals surface area contributed by atoms with Crippen LogP contribution in [0.2, 0.25) is 0 Å². The molecule has 0 fully saturated rings. The number of carbonyl (C=O) groups is 1. The second-order valence-electron chi connectivity index (χ2n) is 4.64. The van der Waals surface area contributed by atoms with Gasteiger partial charge in [0.05, 0.1) is 5.52 Å². The maximum atomic E-state index is 12.0. The van der Waals surface area contributed by atoms with Gasteiger partial charge >= 0.3 is 0 Å². The number of H-pyrrole nitrogens is 1. The van der Waals surface area contributed by atoms with Crippen molar-refractivity contribution in [2.75, 3.05) is 0 Å². The molecular weight excluding hydrogens is 494 g/mol. The average molecular weight is 502 g/mol. The van der Waals surface area contributed by atoms with E-state index in [4.69, 9.17) is 0 Å². The number of fused-ring (bicyclic) bond motifs is 1. The van der Waals surface area contributed by atoms with E-state index in [1.165, 1.54) is 0 Å². The normalized spacial score (nSPS) is 11.4. The van der Waals surface area contributed by atoms with Crippen LogP contribution >= 0.6 is 47.8 Å². The van der Waals surface area contributed by atoms with Crippen LogP contribution in [0.3, 0.4) is 0 Å². The van der Waals surface area contributed by atoms with Crippen LogP contribution in [-0.4, -0.2) is 16.0 Å². The van der Waals surface area contributed by atoms with Crippen molar-refractivity contribution < 1.29 is 9.90 Å². The van der Waals surface area contributed by atoms with E-state index in [1.54, 1.807) is 30.3 Å². The fourth-order valence-corrected chi connectivity index (χ4v) is 3.63. The molecule has 0 saturated carbocycles. The number of rotatable bonds is 2. The Balaban J connectivity index is 1.99. The lowest BCUT2D eigenvalue weighted by Crippen LogP contribution is -1.92. The molecule has 0 bridgehead atoms. The summed E-state index contributed by atoms with van der Waals surface area (Å²) in [6.07, 6.45) is 0. The number of aromatic hydroxyl groups is 1. The van der Waals surface area contributed by atoms with Gasteiger partial charge in [-0.05, 0) is 52.3 Å². The molecule has 0 radical (unpaired) electrons. The van der Waals surface area contributed by atoms with Crippen molar-refractivity contribution in [2.45, 2.75) is 0 Å². The highest BCUT2D eigenvalue weighted by Crippen LogP contribution is 2.40. The van der Waals surface area contributed by atoms with Crippen LogP contribution < -0.4 is 0 Å². The van der Waals surface area contributed by atoms with E-state index in [9.17, 15) is 9.90 Å². The molecule has 5 nitrogen and oxygen atoms in total. The molecule has 2 N–H and O–H groups in total. The molecule has 2 aromatic carbocycles. The van der Waals surface area contributed by atoms with Gasteiger partial charge in [-0.15, -0.1) is 10.2 Å². The van der Waals surface area contributed by atoms with Crippen LogP contribution in [0, 0.1) is 0 Å². The number of azo groups is 1. The molecule has 8 heteroatoms. The van der Waals surface area contributed by atoms with E-state index in [2.05, 4.69) is 63.0 Å². The third-order valence-corrected chi connectivity index (χ3v) is 4.72. The van der Waals surface area contributed by atoms with Crippen LogP contribution in [0.25, 0.3) is 10.9 Å². The monoisotopic (exact) mass is 499 g/mol. The van der Waals surface area contributed by atoms with Gasteiger partial charge in [0.1, 0.15) is 0 Å². The van der Waals surface area contributed by atoms with Crippen LogP contribution in [0.15, 0.2) is 60.0 Å². The SMILES string of the molecule is O=C(N=Nc1c(O)[nH]c2c(Br)cc(Br)cc12)c1ccc(Br)cc1. The van der Waals surface area contributed by atoms with Gasteiger partial charge in [0.25, 0.3) is 5.91 Å². The lowest BCUT2D eigenvalue weighted by atomic mass is 10.2. The van der Waals surface area contributed by atoms with E-state index in [0.717, 1.165) is 13.4 Å². The third-order valence-electron chi connectivity index (χ3n) is 3.11. The number of carbonyl (C=O) groups excluding carboxylic acids is 1. The molecule has 0 aliphatic heterocycles. The van der Waals surface area contributed by atoms with Gasteiger partial charge in [-0.3, -0.25) is 4.79 Å². The molecule has 3 aromatic rings. The van der Waals surface area contributed by atoms with Crippen molar-refractivity contribution in [3.8, 4) is 5.88 Å². The predicted molar refractivity (Wildman–Crippen MR) is 98.4 cm³/mol. The second kappa shape index (κ2) is 6.54. The Morgan fingerprint density at radius 2 is 1.74 bits per heavy atom. The smallest absolute Gasteiger partial charge is 0.295 e. The van der Waals surface area contributed by atoms with Gasteiger partial charge in [0, 0.05) is 24.4 Å². The molecule has 1 aromatic heterocycles. The molecular formula is C15H8Br3N3O2. The van der Waals surface area contributed by atoms with Gasteiger partial charge in [-0.2, -0.15) is 0 Å². The molecule has 0 spiro atoms. The summed E-state index contributed by atoms with van der Waals surface area (Å²) < 4.78 is 2.44. The minimum Gasteiger partial charge on any atom is -0.493 e. The van der Waals surface area contributed by atoms with E-state index < -0.39 is 5.91 Å². The van der Waals surface area contributed by atoms with E-state index in [1.807, 2.05) is 6.07 Å². The maximum Gasteiger partial charge on any atom is 0.295 e. The van der Waals surface area contributed by atoms with Gasteiger partial charge in [0.15, 0.2) is 5.69 Å². The second-order valence-corrected chi connectivity index (χ2v) is 7.33. The summed E-state index contributed by atoms with van der Waals surface area (Å²) in [7, 11) is 0. The fraction of sp³-hybridized carbons (Fsp3) is 0. The molecule has 0 atom stereocenters. The van der Waals surface area contributed by atoms with Crippen LogP contribution in [0.4, 0.5) is 5.69 Å². The molecule has 1 amide bonds. The minimum absolute atomic E-state index is 0.147. The summed E-state index contributed by atoms with van der Waals surface area (Å²) >= 11 is 10.1. The van der Waals surface area contributed by atoms with Crippen molar-refractivity contribution in [3.05, 3.63) is 55.4 Å². The quantitative estimate of drug-likeness (QED) is 0.417. The highest BCUT2D eigenvalue weighted by atomic mass is 79.9. The number of amides is 1. The zero-order valence-electron chi connectivity index (χ0n) is 11.3. The summed E-state index contributed by atoms with van der Waals surface area (Å²) in [4.78, 5) is 14.9. The maximum absolute atomic E-state index is 12.0. The average Bonchev–Trinajstić information content (AvgIpc) is 2.82. The van der Waals surface area contributed by atoms with Crippen molar-refractivity contribution in [1.29, 1.82) is 0 Å². The lowest BCUT2D eigenvalue weighted by Gasteiger charge is -1.97. The molecule has 0 aliphatic carbocycles. The van der Waals surface area contributed by atoms with Gasteiger partial charge < -0.3 is 10.1 Å². The van der Waals surface area contributed by atoms with Crippen LogP contribution in [-0.2, 0) is 0 Å². The molecule has 0 saturated heterocycles. The van der Waals surface area contributed by atoms with Gasteiger partial charge in [0.2, 0.25) is 5.88 Å². The predicted octanol–water partition coefficient (Wildman–Crippen LogP) is 6.09. The number of nitrogens with one attached hydrogen (secondary N) is 1. The number of aromatic amines is 1. The summed E-state index contributed by atoms with van der Waals surface area (Å²) in [5, 5.41) is 18.3. The third kappa shape index (κ3) is 3.39. The first kappa shape index (κ1) is 16.4. The van der Waals surface area contributed by atoms with Gasteiger partial charge in [-0.25, -0.2) is 0 Å². The van der Waals surface area contributed by atoms with E-state index in [-0.39, 0.29) is 11.6 Å². The minimum atomic E-state index is -0.486. The summed E-state index contributed by atoms with van der Waals surface area (Å²) in [6, 6.07) is 10.4. The van der Waals surface area contributed by atoms with Crippen molar-refractivity contribution in [2.24, 2.45) is 10.2 Å². The Labute approximate surface area is 156 Å². The van der Waals surface area contributed by atoms with Crippen molar-refractivity contribution in [1.82, 2.24) is 4.98 Å². The molecule has 1 heterocycles. The van der Waals surface area contributed by atoms with Gasteiger partial charge in [-0.1, -0.05) is 31.9 Å². The first-order valence-corrected chi connectivity index (χ1v) is 8.75. The largest absolute Gasteiger partial charge is 0.493 e. The first-order valence-electron chi connectivity index (χ1n) is 6.37. The number of aromatic nitrogens is 1. The van der Waals surface area contributed by atoms with Crippen molar-refractivity contribution >= 4 is 70.3 Å². The Morgan fingerprint density at radius 3 is 2.43 bits per heavy atom. The Bertz CT molecular complexity index is 933. The summed E-state index contributed by atoms with van der Waals surface area (Å²) in [5.74, 6) is -0.633. The number of benzene rings is 2. The zero-order valence-corrected chi connectivity index (χ0v) is 16.1. The number of halogens is 3. The standard InChI is InChI=1S/C15H8Br3N3O2/c16-8-3-1-7(2-4-8)14(22)21-20-13-10-5-9(17)6-11(18)12(10)19-15(13)23/h1-6,19,23H. The lowest BCUT2D eigenvalue weighted by molar-refractivity contribution is 0.0995. The summed E-state index contributed by atoms with van der Waals surface area (Å²) in [5.41, 5.74) is 1.31. The fourth-order valence-electron chi connectivity index (χ4n) is 2.04. The zero-order chi connectivity index (χ0) is 16.6. The molecule has 116 valence electrons.